The summed E-state index contributed by atoms with van der Waals surface area (Å²) in [5.74, 6) is -3.19. The molecule has 0 radical (unpaired) electrons. The number of carboxylic acid groups (broad SMARTS) is 1. The molecule has 1 aliphatic rings. The van der Waals surface area contributed by atoms with Crippen molar-refractivity contribution in [2.45, 2.75) is 276 Å². The molecule has 3 N–H and O–H groups in total. The summed E-state index contributed by atoms with van der Waals surface area (Å²) in [4.78, 5) is 51.0. The van der Waals surface area contributed by atoms with Crippen molar-refractivity contribution in [3.8, 4) is 0 Å². The summed E-state index contributed by atoms with van der Waals surface area (Å²) in [6.45, 7) is 5.82. The highest BCUT2D eigenvalue weighted by Crippen LogP contribution is 2.26. The van der Waals surface area contributed by atoms with Gasteiger partial charge >= 0.3 is 23.9 Å². The highest BCUT2D eigenvalue weighted by molar-refractivity contribution is 5.74. The van der Waals surface area contributed by atoms with E-state index in [1.54, 1.807) is 0 Å². The van der Waals surface area contributed by atoms with Crippen molar-refractivity contribution < 1.29 is 58.2 Å². The van der Waals surface area contributed by atoms with Crippen molar-refractivity contribution >= 4 is 23.9 Å². The molecule has 1 fully saturated rings. The van der Waals surface area contributed by atoms with E-state index in [-0.39, 0.29) is 25.9 Å². The lowest BCUT2D eigenvalue weighted by Crippen LogP contribution is -2.61. The first-order valence-electron chi connectivity index (χ1n) is 28.9. The minimum atomic E-state index is -1.92. The molecule has 12 heteroatoms. The fourth-order valence-electron chi connectivity index (χ4n) is 8.33. The molecular weight excluding hydrogens is 925 g/mol. The average Bonchev–Trinajstić information content (AvgIpc) is 3.37. The molecule has 6 unspecified atom stereocenters. The van der Waals surface area contributed by atoms with E-state index in [0.717, 1.165) is 96.3 Å². The lowest BCUT2D eigenvalue weighted by molar-refractivity contribution is -0.301. The van der Waals surface area contributed by atoms with E-state index < -0.39 is 67.3 Å². The molecule has 1 saturated heterocycles. The SMILES string of the molecule is CC/C=C\C/C=C\C/C=C\C/C=C\CCCCC(=O)OC1C(OCC(COC(=O)CCCCCCC/C=C\C/C=C\CCCCC)OC(=O)CCCCCCCCCCCCCCC)OC(C(=O)O)C(O)C1O. The van der Waals surface area contributed by atoms with Crippen LogP contribution >= 0.6 is 0 Å². The average molecular weight is 1030 g/mol. The van der Waals surface area contributed by atoms with Crippen LogP contribution in [0.5, 0.6) is 0 Å². The van der Waals surface area contributed by atoms with E-state index >= 15 is 0 Å². The number of rotatable bonds is 48. The highest BCUT2D eigenvalue weighted by Gasteiger charge is 2.50. The Morgan fingerprint density at radius 2 is 0.863 bits per heavy atom. The number of aliphatic hydroxyl groups is 2. The number of carbonyl (C=O) groups excluding carboxylic acids is 3. The molecule has 1 rings (SSSR count). The van der Waals surface area contributed by atoms with E-state index in [0.29, 0.717) is 25.7 Å². The topological polar surface area (TPSA) is 175 Å². The van der Waals surface area contributed by atoms with Gasteiger partial charge in [0.25, 0.3) is 0 Å². The van der Waals surface area contributed by atoms with Gasteiger partial charge in [0.1, 0.15) is 18.8 Å². The third kappa shape index (κ3) is 39.3. The summed E-state index contributed by atoms with van der Waals surface area (Å²) in [5, 5.41) is 31.4. The zero-order valence-electron chi connectivity index (χ0n) is 45.9. The first-order chi connectivity index (χ1) is 35.6. The Kier molecular flexibility index (Phi) is 45.1. The molecular formula is C61H102O12. The summed E-state index contributed by atoms with van der Waals surface area (Å²) in [6, 6.07) is 0. The van der Waals surface area contributed by atoms with Gasteiger partial charge in [-0.3, -0.25) is 14.4 Å². The van der Waals surface area contributed by atoms with Gasteiger partial charge in [-0.05, 0) is 89.9 Å². The number of allylic oxidation sites excluding steroid dienone is 12. The van der Waals surface area contributed by atoms with E-state index in [1.165, 1.54) is 77.0 Å². The van der Waals surface area contributed by atoms with Crippen LogP contribution in [0, 0.1) is 0 Å². The number of esters is 3. The molecule has 12 nitrogen and oxygen atoms in total. The standard InChI is InChI=1S/C61H102O12/c1-4-7-10-13-16-19-22-25-27-30-32-35-38-41-44-47-53(62)69-50-52(71-54(63)48-45-42-39-36-33-29-24-21-18-15-12-9-6-3)51-70-61-59(57(66)56(65)58(73-61)60(67)68)72-55(64)49-46-43-40-37-34-31-28-26-23-20-17-14-11-8-5-2/h8,11,16-17,19-20,25-28,34,37,52,56-59,61,65-66H,4-7,9-10,12-15,18,21-24,29-33,35-36,38-51H2,1-3H3,(H,67,68)/b11-8-,19-16-,20-17-,27-25-,28-26-,37-34-. The maximum Gasteiger partial charge on any atom is 0.335 e. The first kappa shape index (κ1) is 67.2. The first-order valence-corrected chi connectivity index (χ1v) is 28.9. The van der Waals surface area contributed by atoms with Crippen LogP contribution in [0.1, 0.15) is 239 Å². The second-order valence-electron chi connectivity index (χ2n) is 19.5. The third-order valence-corrected chi connectivity index (χ3v) is 12.8. The van der Waals surface area contributed by atoms with Crippen LogP contribution in [0.3, 0.4) is 0 Å². The van der Waals surface area contributed by atoms with Crippen LogP contribution < -0.4 is 0 Å². The fourth-order valence-corrected chi connectivity index (χ4v) is 8.33. The molecule has 6 atom stereocenters. The molecule has 1 heterocycles. The molecule has 0 saturated carbocycles. The van der Waals surface area contributed by atoms with E-state index in [1.807, 2.05) is 0 Å². The second kappa shape index (κ2) is 49.1. The third-order valence-electron chi connectivity index (χ3n) is 12.8. The Morgan fingerprint density at radius 1 is 0.466 bits per heavy atom. The van der Waals surface area contributed by atoms with Gasteiger partial charge in [-0.1, -0.05) is 203 Å². The summed E-state index contributed by atoms with van der Waals surface area (Å²) in [6.07, 6.45) is 48.7. The number of hydrogen-bond donors (Lipinski definition) is 3. The van der Waals surface area contributed by atoms with Crippen LogP contribution in [0.15, 0.2) is 72.9 Å². The maximum atomic E-state index is 13.1. The molecule has 0 bridgehead atoms. The quantitative estimate of drug-likeness (QED) is 0.0228. The van der Waals surface area contributed by atoms with Gasteiger partial charge in [-0.2, -0.15) is 0 Å². The number of carboxylic acids is 1. The van der Waals surface area contributed by atoms with Crippen LogP contribution in [-0.4, -0.2) is 89.2 Å². The van der Waals surface area contributed by atoms with Crippen LogP contribution in [0.4, 0.5) is 0 Å². The van der Waals surface area contributed by atoms with E-state index in [2.05, 4.69) is 93.7 Å². The monoisotopic (exact) mass is 1030 g/mol. The number of ether oxygens (including phenoxy) is 5. The van der Waals surface area contributed by atoms with Gasteiger partial charge < -0.3 is 39.0 Å². The lowest BCUT2D eigenvalue weighted by Gasteiger charge is -2.40. The number of unbranched alkanes of at least 4 members (excludes halogenated alkanes) is 22. The zero-order valence-corrected chi connectivity index (χ0v) is 45.9. The summed E-state index contributed by atoms with van der Waals surface area (Å²) in [5.41, 5.74) is 0. The molecule has 0 spiro atoms. The lowest BCUT2D eigenvalue weighted by atomic mass is 9.98. The Bertz CT molecular complexity index is 1550. The highest BCUT2D eigenvalue weighted by atomic mass is 16.7. The number of aliphatic hydroxyl groups excluding tert-OH is 2. The number of carbonyl (C=O) groups is 4. The van der Waals surface area contributed by atoms with Crippen molar-refractivity contribution in [3.63, 3.8) is 0 Å². The van der Waals surface area contributed by atoms with Gasteiger partial charge in [0, 0.05) is 19.3 Å². The van der Waals surface area contributed by atoms with Gasteiger partial charge in [-0.15, -0.1) is 0 Å². The Morgan fingerprint density at radius 3 is 1.37 bits per heavy atom. The van der Waals surface area contributed by atoms with Crippen molar-refractivity contribution in [2.75, 3.05) is 13.2 Å². The maximum absolute atomic E-state index is 13.1. The summed E-state index contributed by atoms with van der Waals surface area (Å²) in [7, 11) is 0. The summed E-state index contributed by atoms with van der Waals surface area (Å²) < 4.78 is 28.3. The van der Waals surface area contributed by atoms with Crippen LogP contribution in [0.2, 0.25) is 0 Å². The minimum Gasteiger partial charge on any atom is -0.479 e. The minimum absolute atomic E-state index is 0.00596. The molecule has 0 aromatic rings. The molecule has 1 aliphatic heterocycles. The normalized spacial score (nSPS) is 18.8. The molecule has 73 heavy (non-hydrogen) atoms. The molecule has 0 aromatic heterocycles. The smallest absolute Gasteiger partial charge is 0.335 e. The molecule has 0 amide bonds. The Hall–Kier alpha value is -3.84. The predicted octanol–water partition coefficient (Wildman–Crippen LogP) is 14.6. The van der Waals surface area contributed by atoms with Crippen molar-refractivity contribution in [3.05, 3.63) is 72.9 Å². The fraction of sp³-hybridized carbons (Fsp3) is 0.738. The van der Waals surface area contributed by atoms with Gasteiger partial charge in [0.15, 0.2) is 24.6 Å². The van der Waals surface area contributed by atoms with Crippen LogP contribution in [0.25, 0.3) is 0 Å². The number of aliphatic carboxylic acids is 1. The largest absolute Gasteiger partial charge is 0.479 e. The van der Waals surface area contributed by atoms with Gasteiger partial charge in [0.05, 0.1) is 6.61 Å². The zero-order chi connectivity index (χ0) is 53.3. The van der Waals surface area contributed by atoms with E-state index in [4.69, 9.17) is 23.7 Å². The summed E-state index contributed by atoms with van der Waals surface area (Å²) >= 11 is 0. The van der Waals surface area contributed by atoms with Gasteiger partial charge in [0.2, 0.25) is 0 Å². The Balaban J connectivity index is 2.74. The van der Waals surface area contributed by atoms with Crippen molar-refractivity contribution in [1.29, 1.82) is 0 Å². The van der Waals surface area contributed by atoms with Crippen molar-refractivity contribution in [2.24, 2.45) is 0 Å². The van der Waals surface area contributed by atoms with Gasteiger partial charge in [-0.25, -0.2) is 4.79 Å². The Labute approximate surface area is 442 Å². The van der Waals surface area contributed by atoms with Crippen molar-refractivity contribution in [1.82, 2.24) is 0 Å². The van der Waals surface area contributed by atoms with E-state index in [9.17, 15) is 34.5 Å². The number of hydrogen-bond acceptors (Lipinski definition) is 11. The second-order valence-corrected chi connectivity index (χ2v) is 19.5. The van der Waals surface area contributed by atoms with Crippen LogP contribution in [-0.2, 0) is 42.9 Å². The molecule has 0 aliphatic carbocycles. The molecule has 0 aromatic carbocycles. The molecule has 418 valence electrons. The predicted molar refractivity (Wildman–Crippen MR) is 294 cm³/mol.